The molecule has 2 heterocycles. The van der Waals surface area contributed by atoms with Gasteiger partial charge in [0.25, 0.3) is 0 Å². The number of piperazine rings is 1. The largest absolute Gasteiger partial charge is 0.392 e. The van der Waals surface area contributed by atoms with E-state index in [0.717, 1.165) is 44.0 Å². The zero-order chi connectivity index (χ0) is 14.8. The number of rotatable bonds is 3. The molecule has 112 valence electrons. The maximum Gasteiger partial charge on any atom is 0.0700 e. The molecule has 1 aliphatic heterocycles. The number of aromatic nitrogens is 1. The molecule has 0 saturated carbocycles. The molecule has 4 nitrogen and oxygen atoms in total. The number of aliphatic hydroxyl groups is 1. The lowest BCUT2D eigenvalue weighted by molar-refractivity contribution is 0.225. The molecule has 0 aliphatic carbocycles. The lowest BCUT2D eigenvalue weighted by Crippen LogP contribution is -2.43. The van der Waals surface area contributed by atoms with Crippen molar-refractivity contribution < 1.29 is 5.11 Å². The van der Waals surface area contributed by atoms with Gasteiger partial charge in [-0.25, -0.2) is 0 Å². The van der Waals surface area contributed by atoms with E-state index >= 15 is 0 Å². The first-order valence-corrected chi connectivity index (χ1v) is 7.37. The van der Waals surface area contributed by atoms with Gasteiger partial charge >= 0.3 is 0 Å². The zero-order valence-corrected chi connectivity index (χ0v) is 12.3. The van der Waals surface area contributed by atoms with Crippen LogP contribution in [-0.2, 0) is 13.2 Å². The fraction of sp³-hybridized carbons (Fsp3) is 0.353. The molecule has 2 N–H and O–H groups in total. The summed E-state index contributed by atoms with van der Waals surface area (Å²) in [7, 11) is 0. The van der Waals surface area contributed by atoms with Crippen LogP contribution in [0.15, 0.2) is 54.7 Å². The highest BCUT2D eigenvalue weighted by atomic mass is 16.3. The molecule has 0 radical (unpaired) electrons. The van der Waals surface area contributed by atoms with Gasteiger partial charge in [0.15, 0.2) is 0 Å². The lowest BCUT2D eigenvalue weighted by Gasteiger charge is -2.27. The minimum atomic E-state index is 0.0786. The summed E-state index contributed by atoms with van der Waals surface area (Å²) in [5, 5.41) is 12.5. The molecule has 1 saturated heterocycles. The molecule has 21 heavy (non-hydrogen) atoms. The summed E-state index contributed by atoms with van der Waals surface area (Å²) in [6.07, 6.45) is 1.79. The molecule has 4 heteroatoms. The molecule has 1 aliphatic rings. The van der Waals surface area contributed by atoms with Crippen LogP contribution in [0.5, 0.6) is 0 Å². The molecule has 1 fully saturated rings. The predicted molar refractivity (Wildman–Crippen MR) is 84.7 cm³/mol. The van der Waals surface area contributed by atoms with Crippen LogP contribution in [0.3, 0.4) is 0 Å². The van der Waals surface area contributed by atoms with Crippen LogP contribution in [0.4, 0.5) is 0 Å². The van der Waals surface area contributed by atoms with Crippen LogP contribution in [0.1, 0.15) is 11.3 Å². The van der Waals surface area contributed by atoms with Crippen molar-refractivity contribution in [1.82, 2.24) is 15.2 Å². The van der Waals surface area contributed by atoms with Gasteiger partial charge in [0.05, 0.1) is 12.3 Å². The van der Waals surface area contributed by atoms with Crippen LogP contribution in [0.25, 0.3) is 0 Å². The Hall–Kier alpha value is -1.75. The van der Waals surface area contributed by atoms with Gasteiger partial charge in [-0.2, -0.15) is 0 Å². The number of nitrogens with one attached hydrogen (secondary N) is 1. The summed E-state index contributed by atoms with van der Waals surface area (Å²) in [6.45, 7) is 5.12. The minimum Gasteiger partial charge on any atom is -0.392 e. The van der Waals surface area contributed by atoms with E-state index in [0.29, 0.717) is 0 Å². The Morgan fingerprint density at radius 2 is 1.62 bits per heavy atom. The van der Waals surface area contributed by atoms with Crippen molar-refractivity contribution >= 4 is 0 Å². The summed E-state index contributed by atoms with van der Waals surface area (Å²) >= 11 is 0. The van der Waals surface area contributed by atoms with E-state index in [4.69, 9.17) is 0 Å². The van der Waals surface area contributed by atoms with Gasteiger partial charge < -0.3 is 10.4 Å². The molecule has 3 rings (SSSR count). The first kappa shape index (κ1) is 15.6. The van der Waals surface area contributed by atoms with E-state index in [1.807, 2.05) is 48.5 Å². The summed E-state index contributed by atoms with van der Waals surface area (Å²) in [5.74, 6) is 0. The van der Waals surface area contributed by atoms with Gasteiger partial charge in [-0.15, -0.1) is 0 Å². The van der Waals surface area contributed by atoms with Gasteiger partial charge in [-0.3, -0.25) is 9.88 Å². The average Bonchev–Trinajstić information content (AvgIpc) is 2.58. The second-order valence-electron chi connectivity index (χ2n) is 4.95. The fourth-order valence-corrected chi connectivity index (χ4v) is 2.22. The van der Waals surface area contributed by atoms with Crippen molar-refractivity contribution in [2.75, 3.05) is 26.2 Å². The van der Waals surface area contributed by atoms with Crippen LogP contribution >= 0.6 is 0 Å². The molecular weight excluding hydrogens is 262 g/mol. The number of benzene rings is 1. The van der Waals surface area contributed by atoms with E-state index in [9.17, 15) is 5.11 Å². The third-order valence-electron chi connectivity index (χ3n) is 3.40. The normalized spacial score (nSPS) is 15.1. The number of hydrogen-bond acceptors (Lipinski definition) is 4. The molecule has 0 unspecified atom stereocenters. The van der Waals surface area contributed by atoms with Crippen molar-refractivity contribution in [3.8, 4) is 0 Å². The Morgan fingerprint density at radius 1 is 1.00 bits per heavy atom. The Labute approximate surface area is 126 Å². The molecule has 1 aromatic carbocycles. The fourth-order valence-electron chi connectivity index (χ4n) is 2.22. The molecule has 0 atom stereocenters. The van der Waals surface area contributed by atoms with Crippen molar-refractivity contribution in [1.29, 1.82) is 0 Å². The minimum absolute atomic E-state index is 0.0786. The molecule has 2 aromatic rings. The van der Waals surface area contributed by atoms with Crippen LogP contribution < -0.4 is 5.32 Å². The van der Waals surface area contributed by atoms with E-state index in [2.05, 4.69) is 15.2 Å². The maximum atomic E-state index is 9.18. The number of aliphatic hydroxyl groups excluding tert-OH is 1. The zero-order valence-electron chi connectivity index (χ0n) is 12.3. The van der Waals surface area contributed by atoms with Crippen molar-refractivity contribution in [2.24, 2.45) is 0 Å². The first-order valence-electron chi connectivity index (χ1n) is 7.37. The average molecular weight is 285 g/mol. The first-order chi connectivity index (χ1) is 10.4. The van der Waals surface area contributed by atoms with Crippen molar-refractivity contribution in [2.45, 2.75) is 13.2 Å². The third kappa shape index (κ3) is 5.63. The highest BCUT2D eigenvalue weighted by Gasteiger charge is 2.12. The Bertz CT molecular complexity index is 472. The maximum absolute atomic E-state index is 9.18. The lowest BCUT2D eigenvalue weighted by atomic mass is 10.2. The number of nitrogens with zero attached hydrogens (tertiary/aromatic N) is 2. The molecule has 1 aromatic heterocycles. The van der Waals surface area contributed by atoms with Crippen molar-refractivity contribution in [3.63, 3.8) is 0 Å². The van der Waals surface area contributed by atoms with E-state index in [1.165, 1.54) is 0 Å². The van der Waals surface area contributed by atoms with Gasteiger partial charge in [0, 0.05) is 44.5 Å². The van der Waals surface area contributed by atoms with Crippen LogP contribution in [0, 0.1) is 0 Å². The number of hydrogen-bond donors (Lipinski definition) is 2. The van der Waals surface area contributed by atoms with Crippen LogP contribution in [0.2, 0.25) is 0 Å². The summed E-state index contributed by atoms with van der Waals surface area (Å²) in [4.78, 5) is 6.68. The van der Waals surface area contributed by atoms with Gasteiger partial charge in [-0.05, 0) is 6.07 Å². The highest BCUT2D eigenvalue weighted by molar-refractivity contribution is 5.18. The molecule has 0 spiro atoms. The Kier molecular flexibility index (Phi) is 6.88. The van der Waals surface area contributed by atoms with E-state index < -0.39 is 0 Å². The predicted octanol–water partition coefficient (Wildman–Crippen LogP) is 1.67. The summed E-state index contributed by atoms with van der Waals surface area (Å²) in [5.41, 5.74) is 1.94. The monoisotopic (exact) mass is 285 g/mol. The summed E-state index contributed by atoms with van der Waals surface area (Å²) < 4.78 is 0. The van der Waals surface area contributed by atoms with Crippen molar-refractivity contribution in [3.05, 3.63) is 66.0 Å². The summed E-state index contributed by atoms with van der Waals surface area (Å²) in [6, 6.07) is 15.8. The van der Waals surface area contributed by atoms with Gasteiger partial charge in [-0.1, -0.05) is 42.5 Å². The van der Waals surface area contributed by atoms with Crippen LogP contribution in [-0.4, -0.2) is 41.2 Å². The standard InChI is InChI=1S/C11H17N3O.C6H6/c15-9-10-2-1-3-13-11(10)8-14-6-4-12-5-7-14;1-2-4-6-5-3-1/h1-3,12,15H,4-9H2;1-6H. The second kappa shape index (κ2) is 9.23. The second-order valence-corrected chi connectivity index (χ2v) is 4.95. The quantitative estimate of drug-likeness (QED) is 0.900. The SMILES string of the molecule is OCc1cccnc1CN1CCNCC1.c1ccccc1. The van der Waals surface area contributed by atoms with Gasteiger partial charge in [0.2, 0.25) is 0 Å². The molecule has 0 amide bonds. The number of pyridine rings is 1. The molecule has 0 bridgehead atoms. The topological polar surface area (TPSA) is 48.4 Å². The molecular formula is C17H23N3O. The Balaban J connectivity index is 0.000000225. The third-order valence-corrected chi connectivity index (χ3v) is 3.40. The Morgan fingerprint density at radius 3 is 2.19 bits per heavy atom. The van der Waals surface area contributed by atoms with E-state index in [1.54, 1.807) is 6.20 Å². The highest BCUT2D eigenvalue weighted by Crippen LogP contribution is 2.09. The smallest absolute Gasteiger partial charge is 0.0700 e. The van der Waals surface area contributed by atoms with E-state index in [-0.39, 0.29) is 6.61 Å². The van der Waals surface area contributed by atoms with Gasteiger partial charge in [0.1, 0.15) is 0 Å².